The number of hydrogen-bond donors (Lipinski definition) is 1. The number of allylic oxidation sites excluding steroid dienone is 2. The zero-order valence-corrected chi connectivity index (χ0v) is 26.4. The minimum Gasteiger partial charge on any atom is -0.359 e. The molecule has 4 nitrogen and oxygen atoms in total. The summed E-state index contributed by atoms with van der Waals surface area (Å²) in [5.74, 6) is -0.774. The van der Waals surface area contributed by atoms with Crippen LogP contribution in [-0.2, 0) is 0 Å². The van der Waals surface area contributed by atoms with Crippen LogP contribution in [0.5, 0.6) is 0 Å². The Morgan fingerprint density at radius 2 is 1.17 bits per heavy atom. The Kier molecular flexibility index (Phi) is 9.10. The van der Waals surface area contributed by atoms with Gasteiger partial charge < -0.3 is 10.2 Å². The Morgan fingerprint density at radius 1 is 0.646 bits per heavy atom. The largest absolute Gasteiger partial charge is 0.359 e. The van der Waals surface area contributed by atoms with Crippen molar-refractivity contribution < 1.29 is 8.78 Å². The molecule has 48 heavy (non-hydrogen) atoms. The van der Waals surface area contributed by atoms with Gasteiger partial charge >= 0.3 is 0 Å². The summed E-state index contributed by atoms with van der Waals surface area (Å²) >= 11 is 0. The van der Waals surface area contributed by atoms with Crippen LogP contribution >= 0.6 is 0 Å². The van der Waals surface area contributed by atoms with E-state index in [0.29, 0.717) is 11.1 Å². The lowest BCUT2D eigenvalue weighted by Crippen LogP contribution is -2.10. The van der Waals surface area contributed by atoms with E-state index in [9.17, 15) is 14.0 Å². The van der Waals surface area contributed by atoms with Crippen LogP contribution in [0.3, 0.4) is 0 Å². The van der Waals surface area contributed by atoms with Gasteiger partial charge in [-0.05, 0) is 106 Å². The standard InChI is InChI=1S/C40H24F2N4.C2H6/c41-31-13-17-34(18-14-31)46(33-15-6-28(24-44)7-16-33)38-22-11-30-8-19-35-37(21-10-29-9-20-36(38)40(30)39(29)35)45-25-32(42)12-5-26-1-3-27(23-43)4-2-26;1-2/h1-22,25,45H;1-2H3/b12-5-,32-25+;. The van der Waals surface area contributed by atoms with Gasteiger partial charge in [-0.25, -0.2) is 8.78 Å². The van der Waals surface area contributed by atoms with Crippen molar-refractivity contribution in [3.8, 4) is 12.1 Å². The molecule has 7 rings (SSSR count). The lowest BCUT2D eigenvalue weighted by molar-refractivity contribution is 0.628. The number of anilines is 4. The van der Waals surface area contributed by atoms with Gasteiger partial charge in [0, 0.05) is 34.0 Å². The second-order valence-electron chi connectivity index (χ2n) is 10.8. The highest BCUT2D eigenvalue weighted by Gasteiger charge is 2.19. The number of rotatable bonds is 7. The van der Waals surface area contributed by atoms with E-state index in [4.69, 9.17) is 5.26 Å². The maximum Gasteiger partial charge on any atom is 0.139 e. The van der Waals surface area contributed by atoms with Crippen LogP contribution in [0.15, 0.2) is 139 Å². The second-order valence-corrected chi connectivity index (χ2v) is 10.8. The molecule has 0 aliphatic rings. The number of nitriles is 2. The van der Waals surface area contributed by atoms with Crippen molar-refractivity contribution in [2.24, 2.45) is 0 Å². The molecule has 0 aliphatic carbocycles. The zero-order chi connectivity index (χ0) is 33.6. The van der Waals surface area contributed by atoms with Gasteiger partial charge in [-0.2, -0.15) is 10.5 Å². The van der Waals surface area contributed by atoms with Crippen LogP contribution in [0.2, 0.25) is 0 Å². The first-order valence-electron chi connectivity index (χ1n) is 15.6. The van der Waals surface area contributed by atoms with E-state index in [-0.39, 0.29) is 5.82 Å². The van der Waals surface area contributed by atoms with Gasteiger partial charge in [0.05, 0.1) is 29.0 Å². The average molecular weight is 629 g/mol. The number of hydrogen-bond acceptors (Lipinski definition) is 4. The molecule has 0 fully saturated rings. The summed E-state index contributed by atoms with van der Waals surface area (Å²) in [6.45, 7) is 4.00. The molecule has 0 amide bonds. The molecule has 0 saturated heterocycles. The lowest BCUT2D eigenvalue weighted by atomic mass is 9.92. The van der Waals surface area contributed by atoms with Crippen molar-refractivity contribution in [3.63, 3.8) is 0 Å². The van der Waals surface area contributed by atoms with E-state index in [0.717, 1.165) is 60.6 Å². The molecule has 0 heterocycles. The van der Waals surface area contributed by atoms with Crippen LogP contribution in [-0.4, -0.2) is 0 Å². The SMILES string of the molecule is CC.N#Cc1ccc(/C=C\C(F)=C/Nc2ccc3ccc4c(N(c5ccc(F)cc5)c5ccc(C#N)cc5)ccc5ccc2c3c54)cc1. The molecule has 0 spiro atoms. The smallest absolute Gasteiger partial charge is 0.139 e. The second kappa shape index (κ2) is 13.9. The third-order valence-corrected chi connectivity index (χ3v) is 8.06. The van der Waals surface area contributed by atoms with Crippen LogP contribution < -0.4 is 10.2 Å². The Balaban J connectivity index is 0.00000197. The molecule has 7 aromatic carbocycles. The van der Waals surface area contributed by atoms with Crippen LogP contribution in [0.4, 0.5) is 31.5 Å². The van der Waals surface area contributed by atoms with Gasteiger partial charge in [0.25, 0.3) is 0 Å². The zero-order valence-electron chi connectivity index (χ0n) is 26.4. The molecule has 232 valence electrons. The normalized spacial score (nSPS) is 11.3. The Morgan fingerprint density at radius 3 is 1.79 bits per heavy atom. The molecule has 0 unspecified atom stereocenters. The highest BCUT2D eigenvalue weighted by Crippen LogP contribution is 2.45. The summed E-state index contributed by atoms with van der Waals surface area (Å²) in [6.07, 6.45) is 4.36. The van der Waals surface area contributed by atoms with Crippen molar-refractivity contribution in [2.75, 3.05) is 10.2 Å². The average Bonchev–Trinajstić information content (AvgIpc) is 3.15. The van der Waals surface area contributed by atoms with E-state index in [1.165, 1.54) is 24.4 Å². The van der Waals surface area contributed by atoms with Gasteiger partial charge in [-0.1, -0.05) is 68.5 Å². The van der Waals surface area contributed by atoms with Gasteiger partial charge in [0.15, 0.2) is 0 Å². The maximum absolute atomic E-state index is 14.9. The van der Waals surface area contributed by atoms with Gasteiger partial charge in [0.2, 0.25) is 0 Å². The summed E-state index contributed by atoms with van der Waals surface area (Å²) in [5.41, 5.74) is 5.15. The Bertz CT molecular complexity index is 2360. The summed E-state index contributed by atoms with van der Waals surface area (Å²) in [4.78, 5) is 2.06. The summed E-state index contributed by atoms with van der Waals surface area (Å²) in [5, 5.41) is 27.6. The number of halogens is 2. The number of nitrogens with zero attached hydrogens (tertiary/aromatic N) is 3. The van der Waals surface area contributed by atoms with E-state index in [2.05, 4.69) is 52.7 Å². The van der Waals surface area contributed by atoms with Crippen molar-refractivity contribution in [1.82, 2.24) is 0 Å². The Labute approximate surface area is 278 Å². The molecule has 0 saturated carbocycles. The predicted molar refractivity (Wildman–Crippen MR) is 194 cm³/mol. The molecular formula is C42H30F2N4. The van der Waals surface area contributed by atoms with Crippen LogP contribution in [0.1, 0.15) is 30.5 Å². The summed E-state index contributed by atoms with van der Waals surface area (Å²) < 4.78 is 28.8. The highest BCUT2D eigenvalue weighted by atomic mass is 19.1. The minimum absolute atomic E-state index is 0.325. The number of benzene rings is 7. The maximum atomic E-state index is 14.9. The first-order valence-corrected chi connectivity index (χ1v) is 15.6. The van der Waals surface area contributed by atoms with Gasteiger partial charge in [0.1, 0.15) is 11.6 Å². The predicted octanol–water partition coefficient (Wildman–Crippen LogP) is 11.9. The fourth-order valence-corrected chi connectivity index (χ4v) is 5.85. The molecule has 0 aromatic heterocycles. The lowest BCUT2D eigenvalue weighted by Gasteiger charge is -2.28. The van der Waals surface area contributed by atoms with Crippen molar-refractivity contribution in [1.29, 1.82) is 10.5 Å². The third-order valence-electron chi connectivity index (χ3n) is 8.06. The Hall–Kier alpha value is -6.50. The van der Waals surface area contributed by atoms with E-state index >= 15 is 0 Å². The van der Waals surface area contributed by atoms with Crippen molar-refractivity contribution in [3.05, 3.63) is 162 Å². The van der Waals surface area contributed by atoms with E-state index < -0.39 is 5.83 Å². The molecule has 0 atom stereocenters. The fourth-order valence-electron chi connectivity index (χ4n) is 5.85. The molecule has 1 N–H and O–H groups in total. The molecular weight excluding hydrogens is 598 g/mol. The quantitative estimate of drug-likeness (QED) is 0.141. The molecule has 0 bridgehead atoms. The first kappa shape index (κ1) is 31.5. The third kappa shape index (κ3) is 6.16. The fraction of sp³-hybridized carbons (Fsp3) is 0.0476. The minimum atomic E-state index is -0.449. The van der Waals surface area contributed by atoms with Gasteiger partial charge in [-0.15, -0.1) is 0 Å². The monoisotopic (exact) mass is 628 g/mol. The molecule has 7 aromatic rings. The van der Waals surface area contributed by atoms with E-state index in [1.54, 1.807) is 54.6 Å². The van der Waals surface area contributed by atoms with Crippen LogP contribution in [0, 0.1) is 28.5 Å². The molecule has 0 radical (unpaired) electrons. The summed E-state index contributed by atoms with van der Waals surface area (Å²) in [6, 6.07) is 41.2. The first-order chi connectivity index (χ1) is 23.5. The van der Waals surface area contributed by atoms with Crippen molar-refractivity contribution in [2.45, 2.75) is 13.8 Å². The van der Waals surface area contributed by atoms with Gasteiger partial charge in [-0.3, -0.25) is 0 Å². The van der Waals surface area contributed by atoms with E-state index in [1.807, 2.05) is 44.2 Å². The molecule has 6 heteroatoms. The summed E-state index contributed by atoms with van der Waals surface area (Å²) in [7, 11) is 0. The van der Waals surface area contributed by atoms with Crippen LogP contribution in [0.25, 0.3) is 38.4 Å². The van der Waals surface area contributed by atoms with Crippen molar-refractivity contribution >= 4 is 61.1 Å². The molecule has 0 aliphatic heterocycles. The number of nitrogens with one attached hydrogen (secondary N) is 1. The highest BCUT2D eigenvalue weighted by molar-refractivity contribution is 6.27. The topological polar surface area (TPSA) is 62.9 Å².